The van der Waals surface area contributed by atoms with Crippen LogP contribution >= 0.6 is 0 Å². The lowest BCUT2D eigenvalue weighted by Crippen LogP contribution is -2.14. The van der Waals surface area contributed by atoms with Crippen LogP contribution < -0.4 is 0 Å². The number of carboxylic acid groups (broad SMARTS) is 1. The summed E-state index contributed by atoms with van der Waals surface area (Å²) in [5.41, 5.74) is 1.86. The molecule has 0 heterocycles. The van der Waals surface area contributed by atoms with Crippen LogP contribution in [0.3, 0.4) is 0 Å². The van der Waals surface area contributed by atoms with E-state index in [2.05, 4.69) is 0 Å². The largest absolute Gasteiger partial charge is 0.481 e. The molecule has 0 atom stereocenters. The molecule has 3 nitrogen and oxygen atoms in total. The third kappa shape index (κ3) is 4.67. The molecule has 2 rings (SSSR count). The molecule has 1 fully saturated rings. The van der Waals surface area contributed by atoms with E-state index < -0.39 is 5.97 Å². The Hall–Kier alpha value is -1.35. The second-order valence-electron chi connectivity index (χ2n) is 5.36. The van der Waals surface area contributed by atoms with Gasteiger partial charge in [0.1, 0.15) is 0 Å². The number of hydrogen-bond acceptors (Lipinski definition) is 2. The van der Waals surface area contributed by atoms with Gasteiger partial charge in [-0.25, -0.2) is 0 Å². The van der Waals surface area contributed by atoms with Crippen molar-refractivity contribution in [1.82, 2.24) is 0 Å². The number of carbonyl (C=O) groups is 1. The Balaban J connectivity index is 1.83. The minimum Gasteiger partial charge on any atom is -0.481 e. The molecular weight excluding hydrogens is 240 g/mol. The van der Waals surface area contributed by atoms with Gasteiger partial charge < -0.3 is 9.84 Å². The zero-order valence-electron chi connectivity index (χ0n) is 11.3. The van der Waals surface area contributed by atoms with Gasteiger partial charge in [0.15, 0.2) is 0 Å². The highest BCUT2D eigenvalue weighted by molar-refractivity contribution is 5.70. The number of hydrogen-bond donors (Lipinski definition) is 1. The van der Waals surface area contributed by atoms with Crippen LogP contribution in [0.15, 0.2) is 24.3 Å². The molecule has 1 saturated carbocycles. The molecule has 1 aromatic carbocycles. The first kappa shape index (κ1) is 14.1. The predicted octanol–water partition coefficient (Wildman–Crippen LogP) is 3.41. The van der Waals surface area contributed by atoms with Crippen LogP contribution in [0.1, 0.15) is 43.2 Å². The first-order valence-electron chi connectivity index (χ1n) is 7.12. The fraction of sp³-hybridized carbons (Fsp3) is 0.562. The van der Waals surface area contributed by atoms with Crippen molar-refractivity contribution < 1.29 is 14.6 Å². The summed E-state index contributed by atoms with van der Waals surface area (Å²) in [7, 11) is 0. The summed E-state index contributed by atoms with van der Waals surface area (Å²) in [6.45, 7) is 1.33. The van der Waals surface area contributed by atoms with Gasteiger partial charge in [-0.2, -0.15) is 0 Å². The molecule has 1 N–H and O–H groups in total. The van der Waals surface area contributed by atoms with E-state index in [0.29, 0.717) is 12.5 Å². The molecular formula is C16H22O3. The van der Waals surface area contributed by atoms with Crippen LogP contribution in [0, 0.1) is 5.92 Å². The van der Waals surface area contributed by atoms with Gasteiger partial charge >= 0.3 is 5.97 Å². The van der Waals surface area contributed by atoms with Crippen LogP contribution in [0.25, 0.3) is 0 Å². The maximum atomic E-state index is 10.8. The first-order valence-corrected chi connectivity index (χ1v) is 7.12. The summed E-state index contributed by atoms with van der Waals surface area (Å²) in [6, 6.07) is 7.64. The van der Waals surface area contributed by atoms with Gasteiger partial charge in [-0.1, -0.05) is 43.5 Å². The van der Waals surface area contributed by atoms with Crippen LogP contribution in [-0.4, -0.2) is 17.7 Å². The third-order valence-electron chi connectivity index (χ3n) is 3.80. The summed E-state index contributed by atoms with van der Waals surface area (Å²) in [5.74, 6) is -0.0971. The van der Waals surface area contributed by atoms with Crippen molar-refractivity contribution in [3.05, 3.63) is 35.4 Å². The van der Waals surface area contributed by atoms with Gasteiger partial charge in [-0.15, -0.1) is 0 Å². The smallest absolute Gasteiger partial charge is 0.307 e. The Morgan fingerprint density at radius 1 is 1.16 bits per heavy atom. The van der Waals surface area contributed by atoms with Crippen molar-refractivity contribution in [2.45, 2.75) is 45.1 Å². The Morgan fingerprint density at radius 2 is 1.84 bits per heavy atom. The molecule has 0 saturated heterocycles. The minimum atomic E-state index is -0.792. The fourth-order valence-electron chi connectivity index (χ4n) is 2.72. The molecule has 1 aromatic rings. The summed E-state index contributed by atoms with van der Waals surface area (Å²) >= 11 is 0. The van der Waals surface area contributed by atoms with Crippen molar-refractivity contribution in [3.8, 4) is 0 Å². The van der Waals surface area contributed by atoms with Gasteiger partial charge in [-0.3, -0.25) is 4.79 Å². The molecule has 1 aliphatic carbocycles. The first-order chi connectivity index (χ1) is 9.25. The zero-order chi connectivity index (χ0) is 13.5. The molecule has 1 aliphatic rings. The Labute approximate surface area is 114 Å². The van der Waals surface area contributed by atoms with Crippen molar-refractivity contribution >= 4 is 5.97 Å². The van der Waals surface area contributed by atoms with E-state index in [1.54, 1.807) is 0 Å². The summed E-state index contributed by atoms with van der Waals surface area (Å²) in [4.78, 5) is 10.8. The molecule has 0 aromatic heterocycles. The SMILES string of the molecule is O=C(O)Cc1ccccc1COCC1CCCCC1. The predicted molar refractivity (Wildman–Crippen MR) is 74.0 cm³/mol. The molecule has 0 bridgehead atoms. The summed E-state index contributed by atoms with van der Waals surface area (Å²) < 4.78 is 5.79. The van der Waals surface area contributed by atoms with Gasteiger partial charge in [-0.05, 0) is 29.9 Å². The summed E-state index contributed by atoms with van der Waals surface area (Å²) in [5, 5.41) is 8.88. The Kier molecular flexibility index (Phi) is 5.40. The Bertz CT molecular complexity index is 408. The number of ether oxygens (including phenoxy) is 1. The summed E-state index contributed by atoms with van der Waals surface area (Å²) in [6.07, 6.45) is 6.63. The Morgan fingerprint density at radius 3 is 2.53 bits per heavy atom. The highest BCUT2D eigenvalue weighted by atomic mass is 16.5. The lowest BCUT2D eigenvalue weighted by Gasteiger charge is -2.21. The number of aliphatic carboxylic acids is 1. The molecule has 0 radical (unpaired) electrons. The van der Waals surface area contributed by atoms with Crippen molar-refractivity contribution in [1.29, 1.82) is 0 Å². The van der Waals surface area contributed by atoms with Gasteiger partial charge in [0, 0.05) is 6.61 Å². The van der Waals surface area contributed by atoms with Gasteiger partial charge in [0.05, 0.1) is 13.0 Å². The van der Waals surface area contributed by atoms with Gasteiger partial charge in [0.2, 0.25) is 0 Å². The van der Waals surface area contributed by atoms with E-state index in [1.807, 2.05) is 24.3 Å². The van der Waals surface area contributed by atoms with Crippen LogP contribution in [-0.2, 0) is 22.6 Å². The minimum absolute atomic E-state index is 0.0724. The maximum absolute atomic E-state index is 10.8. The standard InChI is InChI=1S/C16H22O3/c17-16(18)10-14-8-4-5-9-15(14)12-19-11-13-6-2-1-3-7-13/h4-5,8-9,13H,1-3,6-7,10-12H2,(H,17,18). The lowest BCUT2D eigenvalue weighted by molar-refractivity contribution is -0.136. The second-order valence-corrected chi connectivity index (χ2v) is 5.36. The molecule has 19 heavy (non-hydrogen) atoms. The molecule has 0 spiro atoms. The molecule has 0 unspecified atom stereocenters. The number of benzene rings is 1. The quantitative estimate of drug-likeness (QED) is 0.854. The number of rotatable bonds is 6. The normalized spacial score (nSPS) is 16.4. The molecule has 0 amide bonds. The van der Waals surface area contributed by atoms with Crippen LogP contribution in [0.5, 0.6) is 0 Å². The highest BCUT2D eigenvalue weighted by Gasteiger charge is 2.13. The van der Waals surface area contributed by atoms with E-state index >= 15 is 0 Å². The second kappa shape index (κ2) is 7.29. The fourth-order valence-corrected chi connectivity index (χ4v) is 2.72. The van der Waals surface area contributed by atoms with Crippen molar-refractivity contribution in [3.63, 3.8) is 0 Å². The van der Waals surface area contributed by atoms with Crippen molar-refractivity contribution in [2.75, 3.05) is 6.61 Å². The van der Waals surface area contributed by atoms with Crippen LogP contribution in [0.4, 0.5) is 0 Å². The van der Waals surface area contributed by atoms with E-state index in [9.17, 15) is 4.79 Å². The highest BCUT2D eigenvalue weighted by Crippen LogP contribution is 2.24. The zero-order valence-corrected chi connectivity index (χ0v) is 11.3. The molecule has 0 aliphatic heterocycles. The monoisotopic (exact) mass is 262 g/mol. The maximum Gasteiger partial charge on any atom is 0.307 e. The molecule has 104 valence electrons. The van der Waals surface area contributed by atoms with E-state index in [-0.39, 0.29) is 6.42 Å². The average molecular weight is 262 g/mol. The topological polar surface area (TPSA) is 46.5 Å². The van der Waals surface area contributed by atoms with Crippen LogP contribution in [0.2, 0.25) is 0 Å². The average Bonchev–Trinajstić information content (AvgIpc) is 2.41. The van der Waals surface area contributed by atoms with E-state index in [0.717, 1.165) is 17.7 Å². The van der Waals surface area contributed by atoms with E-state index in [1.165, 1.54) is 32.1 Å². The molecule has 3 heteroatoms. The third-order valence-corrected chi connectivity index (χ3v) is 3.80. The van der Waals surface area contributed by atoms with Gasteiger partial charge in [0.25, 0.3) is 0 Å². The lowest BCUT2D eigenvalue weighted by atomic mass is 9.90. The number of carboxylic acids is 1. The van der Waals surface area contributed by atoms with E-state index in [4.69, 9.17) is 9.84 Å². The van der Waals surface area contributed by atoms with Crippen molar-refractivity contribution in [2.24, 2.45) is 5.92 Å².